The van der Waals surface area contributed by atoms with Crippen molar-refractivity contribution in [3.63, 3.8) is 0 Å². The lowest BCUT2D eigenvalue weighted by Gasteiger charge is -2.33. The molecule has 1 aliphatic carbocycles. The second kappa shape index (κ2) is 9.15. The van der Waals surface area contributed by atoms with Gasteiger partial charge in [-0.15, -0.1) is 10.2 Å². The second-order valence-electron chi connectivity index (χ2n) is 7.45. The van der Waals surface area contributed by atoms with Crippen LogP contribution in [0.4, 0.5) is 13.2 Å². The molecule has 0 N–H and O–H groups in total. The maximum Gasteiger partial charge on any atom is 0.406 e. The van der Waals surface area contributed by atoms with E-state index in [1.54, 1.807) is 24.1 Å². The number of halogens is 3. The molecule has 29 heavy (non-hydrogen) atoms. The van der Waals surface area contributed by atoms with Crippen LogP contribution in [0.25, 0.3) is 11.4 Å². The van der Waals surface area contributed by atoms with Crippen LogP contribution in [0.2, 0.25) is 0 Å². The molecule has 2 aromatic rings. The number of carbonyl (C=O) groups excluding carboxylic acids is 1. The minimum Gasteiger partial charge on any atom is -0.342 e. The summed E-state index contributed by atoms with van der Waals surface area (Å²) in [5.41, 5.74) is 0.489. The van der Waals surface area contributed by atoms with E-state index in [0.29, 0.717) is 11.5 Å². The first-order chi connectivity index (χ1) is 13.7. The van der Waals surface area contributed by atoms with Crippen molar-refractivity contribution in [1.82, 2.24) is 24.6 Å². The van der Waals surface area contributed by atoms with Gasteiger partial charge in [-0.1, -0.05) is 18.7 Å². The highest BCUT2D eigenvalue weighted by molar-refractivity contribution is 7.99. The summed E-state index contributed by atoms with van der Waals surface area (Å²) >= 11 is 0.987. The molecule has 2 aromatic heterocycles. The van der Waals surface area contributed by atoms with Gasteiger partial charge in [0.1, 0.15) is 6.54 Å². The molecule has 1 saturated carbocycles. The van der Waals surface area contributed by atoms with Crippen molar-refractivity contribution in [2.45, 2.75) is 56.5 Å². The topological polar surface area (TPSA) is 63.9 Å². The second-order valence-corrected chi connectivity index (χ2v) is 8.39. The van der Waals surface area contributed by atoms with Crippen LogP contribution < -0.4 is 0 Å². The van der Waals surface area contributed by atoms with Crippen LogP contribution in [0.3, 0.4) is 0 Å². The van der Waals surface area contributed by atoms with Crippen LogP contribution >= 0.6 is 11.8 Å². The molecule has 0 bridgehead atoms. The third-order valence-corrected chi connectivity index (χ3v) is 6.20. The van der Waals surface area contributed by atoms with Gasteiger partial charge in [-0.25, -0.2) is 0 Å². The van der Waals surface area contributed by atoms with E-state index in [0.717, 1.165) is 42.0 Å². The zero-order chi connectivity index (χ0) is 21.0. The summed E-state index contributed by atoms with van der Waals surface area (Å²) in [6.45, 7) is 0.992. The first kappa shape index (κ1) is 21.6. The Balaban J connectivity index is 1.71. The minimum atomic E-state index is -4.43. The molecule has 10 heteroatoms. The van der Waals surface area contributed by atoms with Crippen molar-refractivity contribution in [1.29, 1.82) is 0 Å². The fourth-order valence-corrected chi connectivity index (χ4v) is 4.35. The van der Waals surface area contributed by atoms with Crippen molar-refractivity contribution >= 4 is 17.7 Å². The lowest BCUT2D eigenvalue weighted by molar-refractivity contribution is -0.141. The number of alkyl halides is 3. The third-order valence-electron chi connectivity index (χ3n) is 5.24. The average molecular weight is 427 g/mol. The van der Waals surface area contributed by atoms with Crippen molar-refractivity contribution in [3.8, 4) is 11.4 Å². The van der Waals surface area contributed by atoms with Crippen LogP contribution in [0.1, 0.15) is 32.6 Å². The molecular weight excluding hydrogens is 403 g/mol. The Morgan fingerprint density at radius 1 is 1.21 bits per heavy atom. The van der Waals surface area contributed by atoms with Crippen LogP contribution in [0.5, 0.6) is 0 Å². The Labute approximate surface area is 171 Å². The summed E-state index contributed by atoms with van der Waals surface area (Å²) in [6.07, 6.45) is 2.64. The van der Waals surface area contributed by atoms with Gasteiger partial charge in [0.2, 0.25) is 5.91 Å². The van der Waals surface area contributed by atoms with Gasteiger partial charge in [-0.05, 0) is 43.7 Å². The Bertz CT molecular complexity index is 819. The van der Waals surface area contributed by atoms with Crippen molar-refractivity contribution in [2.75, 3.05) is 12.8 Å². The number of hydrogen-bond acceptors (Lipinski definition) is 5. The quantitative estimate of drug-likeness (QED) is 0.652. The smallest absolute Gasteiger partial charge is 0.342 e. The Kier molecular flexibility index (Phi) is 6.81. The number of nitrogens with zero attached hydrogens (tertiary/aromatic N) is 5. The first-order valence-electron chi connectivity index (χ1n) is 9.53. The summed E-state index contributed by atoms with van der Waals surface area (Å²) in [7, 11) is 1.77. The molecule has 1 amide bonds. The number of amides is 1. The van der Waals surface area contributed by atoms with Gasteiger partial charge in [-0.2, -0.15) is 13.2 Å². The molecule has 0 spiro atoms. The van der Waals surface area contributed by atoms with E-state index in [4.69, 9.17) is 0 Å². The molecule has 0 aliphatic heterocycles. The summed E-state index contributed by atoms with van der Waals surface area (Å²) < 4.78 is 40.4. The van der Waals surface area contributed by atoms with Gasteiger partial charge in [0.25, 0.3) is 0 Å². The molecule has 2 heterocycles. The molecule has 158 valence electrons. The fraction of sp³-hybridized carbons (Fsp3) is 0.579. The fourth-order valence-electron chi connectivity index (χ4n) is 3.49. The summed E-state index contributed by atoms with van der Waals surface area (Å²) in [4.78, 5) is 18.2. The van der Waals surface area contributed by atoms with Gasteiger partial charge in [-0.3, -0.25) is 14.3 Å². The van der Waals surface area contributed by atoms with Crippen molar-refractivity contribution in [3.05, 3.63) is 24.5 Å². The molecule has 0 aromatic carbocycles. The van der Waals surface area contributed by atoms with E-state index < -0.39 is 12.7 Å². The lowest BCUT2D eigenvalue weighted by atomic mass is 9.87. The van der Waals surface area contributed by atoms with Gasteiger partial charge in [0, 0.05) is 31.0 Å². The Morgan fingerprint density at radius 3 is 2.48 bits per heavy atom. The van der Waals surface area contributed by atoms with Gasteiger partial charge >= 0.3 is 6.18 Å². The van der Waals surface area contributed by atoms with Crippen LogP contribution in [-0.2, 0) is 11.3 Å². The molecule has 0 unspecified atom stereocenters. The zero-order valence-electron chi connectivity index (χ0n) is 16.4. The number of carbonyl (C=O) groups is 1. The maximum absolute atomic E-state index is 13.1. The van der Waals surface area contributed by atoms with E-state index in [2.05, 4.69) is 22.1 Å². The number of rotatable bonds is 6. The highest BCUT2D eigenvalue weighted by Crippen LogP contribution is 2.30. The average Bonchev–Trinajstić information content (AvgIpc) is 3.07. The molecule has 0 atom stereocenters. The molecule has 1 fully saturated rings. The lowest BCUT2D eigenvalue weighted by Crippen LogP contribution is -2.40. The first-order valence-corrected chi connectivity index (χ1v) is 10.5. The molecular formula is C19H24F3N5OS. The molecule has 0 radical (unpaired) electrons. The van der Waals surface area contributed by atoms with E-state index in [1.807, 2.05) is 0 Å². The number of hydrogen-bond donors (Lipinski definition) is 0. The van der Waals surface area contributed by atoms with Gasteiger partial charge < -0.3 is 4.90 Å². The van der Waals surface area contributed by atoms with E-state index in [-0.39, 0.29) is 28.7 Å². The summed E-state index contributed by atoms with van der Waals surface area (Å²) in [5.74, 6) is 0.696. The normalized spacial score (nSPS) is 19.9. The van der Waals surface area contributed by atoms with E-state index in [9.17, 15) is 18.0 Å². The summed E-state index contributed by atoms with van der Waals surface area (Å²) in [6, 6.07) is 3.35. The van der Waals surface area contributed by atoms with Gasteiger partial charge in [0.05, 0.1) is 5.75 Å². The highest BCUT2D eigenvalue weighted by atomic mass is 32.2. The number of thioether (sulfide) groups is 1. The van der Waals surface area contributed by atoms with Crippen LogP contribution in [-0.4, -0.2) is 55.6 Å². The maximum atomic E-state index is 13.1. The SMILES string of the molecule is CC1CCC(N(C)C(=O)CSc2nnc(-c3ccncc3)n2CC(F)(F)F)CC1. The Morgan fingerprint density at radius 2 is 1.86 bits per heavy atom. The minimum absolute atomic E-state index is 0.0227. The highest BCUT2D eigenvalue weighted by Gasteiger charge is 2.32. The summed E-state index contributed by atoms with van der Waals surface area (Å²) in [5, 5.41) is 7.92. The predicted molar refractivity (Wildman–Crippen MR) is 104 cm³/mol. The van der Waals surface area contributed by atoms with Crippen molar-refractivity contribution in [2.24, 2.45) is 5.92 Å². The third kappa shape index (κ3) is 5.71. The van der Waals surface area contributed by atoms with Crippen LogP contribution in [0.15, 0.2) is 29.7 Å². The number of pyridine rings is 1. The monoisotopic (exact) mass is 427 g/mol. The zero-order valence-corrected chi connectivity index (χ0v) is 17.2. The molecule has 0 saturated heterocycles. The molecule has 3 rings (SSSR count). The van der Waals surface area contributed by atoms with E-state index in [1.165, 1.54) is 12.4 Å². The standard InChI is InChI=1S/C19H24F3N5OS/c1-13-3-5-15(6-4-13)26(2)16(28)11-29-18-25-24-17(14-7-9-23-10-8-14)27(18)12-19(20,21)22/h7-10,13,15H,3-6,11-12H2,1-2H3. The van der Waals surface area contributed by atoms with Crippen LogP contribution in [0, 0.1) is 5.92 Å². The van der Waals surface area contributed by atoms with Gasteiger partial charge in [0.15, 0.2) is 11.0 Å². The molecule has 1 aliphatic rings. The van der Waals surface area contributed by atoms with Crippen molar-refractivity contribution < 1.29 is 18.0 Å². The predicted octanol–water partition coefficient (Wildman–Crippen LogP) is 4.03. The Hall–Kier alpha value is -2.10. The molecule has 6 nitrogen and oxygen atoms in total. The van der Waals surface area contributed by atoms with E-state index >= 15 is 0 Å². The largest absolute Gasteiger partial charge is 0.406 e. The number of aromatic nitrogens is 4.